The Hall–Kier alpha value is -2.63. The van der Waals surface area contributed by atoms with Gasteiger partial charge in [0.15, 0.2) is 6.10 Å². The lowest BCUT2D eigenvalue weighted by molar-refractivity contribution is -0.167. The fourth-order valence-electron chi connectivity index (χ4n) is 7.16. The summed E-state index contributed by atoms with van der Waals surface area (Å²) in [4.78, 5) is 37.9. The summed E-state index contributed by atoms with van der Waals surface area (Å²) in [5.41, 5.74) is 0. The largest absolute Gasteiger partial charge is 0.462 e. The van der Waals surface area contributed by atoms with E-state index in [0.29, 0.717) is 19.3 Å². The van der Waals surface area contributed by atoms with Crippen molar-refractivity contribution in [2.45, 2.75) is 264 Å². The number of allylic oxidation sites excluding steroid dienone is 8. The van der Waals surface area contributed by atoms with Gasteiger partial charge in [-0.15, -0.1) is 0 Å². The van der Waals surface area contributed by atoms with E-state index in [9.17, 15) is 14.4 Å². The summed E-state index contributed by atoms with van der Waals surface area (Å²) < 4.78 is 16.8. The van der Waals surface area contributed by atoms with Crippen molar-refractivity contribution in [3.05, 3.63) is 48.6 Å². The highest BCUT2D eigenvalue weighted by atomic mass is 16.6. The number of esters is 3. The molecule has 60 heavy (non-hydrogen) atoms. The van der Waals surface area contributed by atoms with Gasteiger partial charge in [-0.05, 0) is 77.0 Å². The Bertz CT molecular complexity index is 1060. The minimum absolute atomic E-state index is 0.0814. The first kappa shape index (κ1) is 57.4. The topological polar surface area (TPSA) is 78.9 Å². The predicted octanol–water partition coefficient (Wildman–Crippen LogP) is 16.7. The molecule has 0 aromatic rings. The van der Waals surface area contributed by atoms with Crippen LogP contribution in [0.15, 0.2) is 48.6 Å². The lowest BCUT2D eigenvalue weighted by atomic mass is 10.0. The van der Waals surface area contributed by atoms with E-state index in [1.165, 1.54) is 109 Å². The maximum Gasteiger partial charge on any atom is 0.306 e. The number of hydrogen-bond acceptors (Lipinski definition) is 6. The molecule has 0 amide bonds. The smallest absolute Gasteiger partial charge is 0.306 e. The van der Waals surface area contributed by atoms with Crippen molar-refractivity contribution in [2.75, 3.05) is 13.2 Å². The number of carbonyl (C=O) groups is 3. The summed E-state index contributed by atoms with van der Waals surface area (Å²) in [6, 6.07) is 0. The summed E-state index contributed by atoms with van der Waals surface area (Å²) in [6.45, 7) is 6.54. The third-order valence-electron chi connectivity index (χ3n) is 11.0. The van der Waals surface area contributed by atoms with Crippen LogP contribution in [-0.2, 0) is 28.6 Å². The molecule has 0 aliphatic carbocycles. The average molecular weight is 841 g/mol. The molecule has 0 rings (SSSR count). The Morgan fingerprint density at radius 1 is 0.333 bits per heavy atom. The molecule has 0 fully saturated rings. The van der Waals surface area contributed by atoms with Crippen molar-refractivity contribution in [1.29, 1.82) is 0 Å². The normalized spacial score (nSPS) is 12.4. The fraction of sp³-hybridized carbons (Fsp3) is 0.796. The maximum atomic E-state index is 12.8. The molecule has 0 aromatic carbocycles. The Balaban J connectivity index is 4.40. The number of hydrogen-bond donors (Lipinski definition) is 0. The van der Waals surface area contributed by atoms with Gasteiger partial charge in [-0.3, -0.25) is 14.4 Å². The van der Waals surface area contributed by atoms with E-state index in [2.05, 4.69) is 69.4 Å². The molecule has 1 atom stereocenters. The molecule has 348 valence electrons. The lowest BCUT2D eigenvalue weighted by Crippen LogP contribution is -2.30. The van der Waals surface area contributed by atoms with E-state index >= 15 is 0 Å². The van der Waals surface area contributed by atoms with Crippen molar-refractivity contribution in [3.63, 3.8) is 0 Å². The van der Waals surface area contributed by atoms with Gasteiger partial charge in [-0.25, -0.2) is 0 Å². The lowest BCUT2D eigenvalue weighted by Gasteiger charge is -2.18. The molecule has 6 nitrogen and oxygen atoms in total. The standard InChI is InChI=1S/C54H96O6/c1-4-7-10-13-16-19-22-25-26-27-30-32-35-38-41-44-47-53(56)59-50-51(60-54(57)48-45-42-39-36-33-29-24-21-18-15-12-9-6-3)49-58-52(55)46-43-40-37-34-31-28-23-20-17-14-11-8-5-2/h12,15,19,21-22,24,26-27,51H,4-11,13-14,16-18,20,23,25,28-50H2,1-3H3/b15-12-,22-19-,24-21-,27-26-. The second kappa shape index (κ2) is 49.0. The van der Waals surface area contributed by atoms with Crippen LogP contribution in [0.3, 0.4) is 0 Å². The van der Waals surface area contributed by atoms with Gasteiger partial charge in [0.25, 0.3) is 0 Å². The van der Waals surface area contributed by atoms with Gasteiger partial charge in [0.2, 0.25) is 0 Å². The molecule has 0 aliphatic rings. The summed E-state index contributed by atoms with van der Waals surface area (Å²) >= 11 is 0. The van der Waals surface area contributed by atoms with Gasteiger partial charge in [0.05, 0.1) is 0 Å². The molecule has 0 saturated heterocycles. The van der Waals surface area contributed by atoms with Crippen LogP contribution in [0.2, 0.25) is 0 Å². The van der Waals surface area contributed by atoms with E-state index in [4.69, 9.17) is 14.2 Å². The van der Waals surface area contributed by atoms with Gasteiger partial charge < -0.3 is 14.2 Å². The molecular formula is C54H96O6. The van der Waals surface area contributed by atoms with Gasteiger partial charge in [0.1, 0.15) is 13.2 Å². The van der Waals surface area contributed by atoms with Crippen LogP contribution in [0.25, 0.3) is 0 Å². The average Bonchev–Trinajstić information content (AvgIpc) is 3.24. The third-order valence-corrected chi connectivity index (χ3v) is 11.0. The van der Waals surface area contributed by atoms with Crippen LogP contribution in [0.4, 0.5) is 0 Å². The molecule has 0 N–H and O–H groups in total. The summed E-state index contributed by atoms with van der Waals surface area (Å²) in [5, 5.41) is 0. The first-order chi connectivity index (χ1) is 29.5. The van der Waals surface area contributed by atoms with Crippen LogP contribution < -0.4 is 0 Å². The number of ether oxygens (including phenoxy) is 3. The Morgan fingerprint density at radius 3 is 1.00 bits per heavy atom. The maximum absolute atomic E-state index is 12.8. The van der Waals surface area contributed by atoms with E-state index in [-0.39, 0.29) is 31.1 Å². The zero-order chi connectivity index (χ0) is 43.7. The van der Waals surface area contributed by atoms with E-state index < -0.39 is 6.10 Å². The van der Waals surface area contributed by atoms with Crippen molar-refractivity contribution < 1.29 is 28.6 Å². The SMILES string of the molecule is CCC/C=C\C/C=C\CCCCCCCC(=O)OC(COC(=O)CCCCCCC/C=C\C/C=C\CCCCCC)COC(=O)CCCCCCCCCCCCCCC. The molecule has 0 heterocycles. The molecule has 0 aliphatic heterocycles. The zero-order valence-corrected chi connectivity index (χ0v) is 39.7. The molecule has 1 unspecified atom stereocenters. The van der Waals surface area contributed by atoms with Crippen molar-refractivity contribution in [3.8, 4) is 0 Å². The monoisotopic (exact) mass is 841 g/mol. The van der Waals surface area contributed by atoms with Crippen molar-refractivity contribution in [2.24, 2.45) is 0 Å². The van der Waals surface area contributed by atoms with Gasteiger partial charge >= 0.3 is 17.9 Å². The summed E-state index contributed by atoms with van der Waals surface area (Å²) in [6.07, 6.45) is 58.0. The van der Waals surface area contributed by atoms with Crippen LogP contribution in [-0.4, -0.2) is 37.2 Å². The Kier molecular flexibility index (Phi) is 46.9. The highest BCUT2D eigenvalue weighted by Crippen LogP contribution is 2.15. The minimum atomic E-state index is -0.782. The predicted molar refractivity (Wildman–Crippen MR) is 256 cm³/mol. The molecule has 0 radical (unpaired) electrons. The van der Waals surface area contributed by atoms with Crippen LogP contribution in [0.5, 0.6) is 0 Å². The van der Waals surface area contributed by atoms with Crippen LogP contribution >= 0.6 is 0 Å². The molecule has 0 aromatic heterocycles. The van der Waals surface area contributed by atoms with Crippen molar-refractivity contribution >= 4 is 17.9 Å². The van der Waals surface area contributed by atoms with E-state index in [1.54, 1.807) is 0 Å². The second-order valence-corrected chi connectivity index (χ2v) is 17.1. The molecule has 6 heteroatoms. The fourth-order valence-corrected chi connectivity index (χ4v) is 7.16. The van der Waals surface area contributed by atoms with Gasteiger partial charge in [-0.2, -0.15) is 0 Å². The number of rotatable bonds is 46. The molecule has 0 saturated carbocycles. The molecule has 0 spiro atoms. The zero-order valence-electron chi connectivity index (χ0n) is 39.7. The molecule has 0 bridgehead atoms. The minimum Gasteiger partial charge on any atom is -0.462 e. The first-order valence-corrected chi connectivity index (χ1v) is 25.6. The van der Waals surface area contributed by atoms with Crippen LogP contribution in [0.1, 0.15) is 258 Å². The van der Waals surface area contributed by atoms with Gasteiger partial charge in [0, 0.05) is 19.3 Å². The summed E-state index contributed by atoms with van der Waals surface area (Å²) in [7, 11) is 0. The number of carbonyl (C=O) groups excluding carboxylic acids is 3. The third kappa shape index (κ3) is 46.4. The first-order valence-electron chi connectivity index (χ1n) is 25.6. The number of unbranched alkanes of at least 4 members (excludes halogenated alkanes) is 27. The highest BCUT2D eigenvalue weighted by molar-refractivity contribution is 5.71. The second-order valence-electron chi connectivity index (χ2n) is 17.1. The highest BCUT2D eigenvalue weighted by Gasteiger charge is 2.19. The van der Waals surface area contributed by atoms with Crippen LogP contribution in [0, 0.1) is 0 Å². The van der Waals surface area contributed by atoms with Gasteiger partial charge in [-0.1, -0.05) is 211 Å². The van der Waals surface area contributed by atoms with E-state index in [1.807, 2.05) is 0 Å². The Morgan fingerprint density at radius 2 is 0.633 bits per heavy atom. The summed E-state index contributed by atoms with van der Waals surface area (Å²) in [5.74, 6) is -0.904. The molecular weight excluding hydrogens is 745 g/mol. The van der Waals surface area contributed by atoms with Crippen molar-refractivity contribution in [1.82, 2.24) is 0 Å². The Labute approximate surface area is 371 Å². The quantitative estimate of drug-likeness (QED) is 0.0263. The van der Waals surface area contributed by atoms with E-state index in [0.717, 1.165) is 109 Å².